The second-order valence-electron chi connectivity index (χ2n) is 9.87. The number of H-pyrrole nitrogens is 1. The highest BCUT2D eigenvalue weighted by Crippen LogP contribution is 2.12. The quantitative estimate of drug-likeness (QED) is 0.0297. The van der Waals surface area contributed by atoms with E-state index in [0.717, 1.165) is 6.54 Å². The minimum Gasteiger partial charge on any atom is -0.480 e. The summed E-state index contributed by atoms with van der Waals surface area (Å²) in [5.74, 6) is -2.27. The Labute approximate surface area is 283 Å². The van der Waals surface area contributed by atoms with Crippen molar-refractivity contribution < 1.29 is 33.7 Å². The number of benzene rings is 1. The first-order valence-corrected chi connectivity index (χ1v) is 15.6. The van der Waals surface area contributed by atoms with Crippen molar-refractivity contribution >= 4 is 63.4 Å². The molecule has 0 saturated heterocycles. The molecule has 0 aliphatic heterocycles. The van der Waals surface area contributed by atoms with E-state index in [1.165, 1.54) is 18.3 Å². The van der Waals surface area contributed by atoms with Crippen molar-refractivity contribution in [2.75, 3.05) is 70.4 Å². The third-order valence-electron chi connectivity index (χ3n) is 6.36. The van der Waals surface area contributed by atoms with Crippen LogP contribution in [0.3, 0.4) is 0 Å². The van der Waals surface area contributed by atoms with Crippen LogP contribution in [0.4, 0.5) is 11.6 Å². The summed E-state index contributed by atoms with van der Waals surface area (Å²) in [6, 6.07) is 5.05. The molecule has 0 radical (unpaired) electrons. The molecule has 0 spiro atoms. The fourth-order valence-corrected chi connectivity index (χ4v) is 4.11. The first kappa shape index (κ1) is 37.4. The van der Waals surface area contributed by atoms with Gasteiger partial charge in [0.2, 0.25) is 11.9 Å². The Hall–Kier alpha value is -4.02. The smallest absolute Gasteiger partial charge is 0.326 e. The normalized spacial score (nSPS) is 11.8. The van der Waals surface area contributed by atoms with Gasteiger partial charge in [-0.1, -0.05) is 0 Å². The van der Waals surface area contributed by atoms with E-state index >= 15 is 0 Å². The van der Waals surface area contributed by atoms with Gasteiger partial charge in [-0.05, 0) is 30.7 Å². The van der Waals surface area contributed by atoms with Crippen LogP contribution in [0.15, 0.2) is 35.3 Å². The number of hydrogen-bond donors (Lipinski definition) is 7. The monoisotopic (exact) mass is 770 g/mol. The van der Waals surface area contributed by atoms with Gasteiger partial charge in [-0.15, -0.1) is 0 Å². The highest BCUT2D eigenvalue weighted by Gasteiger charge is 2.21. The Morgan fingerprint density at radius 2 is 1.70 bits per heavy atom. The maximum Gasteiger partial charge on any atom is 0.326 e. The molecule has 1 unspecified atom stereocenters. The largest absolute Gasteiger partial charge is 0.480 e. The highest BCUT2D eigenvalue weighted by atomic mass is 127. The van der Waals surface area contributed by atoms with E-state index in [1.54, 1.807) is 12.1 Å². The van der Waals surface area contributed by atoms with Crippen LogP contribution in [-0.2, 0) is 30.3 Å². The van der Waals surface area contributed by atoms with Crippen molar-refractivity contribution in [3.8, 4) is 0 Å². The van der Waals surface area contributed by atoms with Gasteiger partial charge < -0.3 is 46.7 Å². The summed E-state index contributed by atoms with van der Waals surface area (Å²) in [5, 5.41) is 17.8. The van der Waals surface area contributed by atoms with Crippen LogP contribution >= 0.6 is 22.9 Å². The topological polar surface area (TPSA) is 262 Å². The molecule has 3 aromatic rings. The molecule has 256 valence electrons. The average molecular weight is 771 g/mol. The molecule has 47 heavy (non-hydrogen) atoms. The van der Waals surface area contributed by atoms with Gasteiger partial charge in [-0.2, -0.15) is 4.98 Å². The maximum atomic E-state index is 12.7. The lowest BCUT2D eigenvalue weighted by Gasteiger charge is -2.15. The van der Waals surface area contributed by atoms with Gasteiger partial charge in [0.15, 0.2) is 11.2 Å². The minimum atomic E-state index is -1.26. The fraction of sp³-hybridized carbons (Fsp3) is 0.464. The van der Waals surface area contributed by atoms with E-state index in [9.17, 15) is 24.3 Å². The standard InChI is InChI=1S/C28H39IN10O8/c29-39(17-30)8-10-46-12-14-47-13-11-45-9-7-32-22(40)6-5-21(27(43)44)36-25(41)18-1-3-19(4-2-18)33-15-20-16-34-24-23(35-20)26(42)38-28(31)37-24/h1-4,16,21,33H,5-15,17,30H2,(H,32,40)(H,36,41)(H,43,44)(H3,31,34,37,38,42). The van der Waals surface area contributed by atoms with Crippen LogP contribution in [0.5, 0.6) is 0 Å². The van der Waals surface area contributed by atoms with E-state index in [2.05, 4.69) is 58.8 Å². The number of aromatic nitrogens is 4. The molecule has 1 aromatic carbocycles. The van der Waals surface area contributed by atoms with Gasteiger partial charge in [0.25, 0.3) is 11.5 Å². The van der Waals surface area contributed by atoms with E-state index in [4.69, 9.17) is 25.7 Å². The number of amides is 2. The average Bonchev–Trinajstić information content (AvgIpc) is 3.06. The molecule has 2 amide bonds. The third kappa shape index (κ3) is 13.7. The summed E-state index contributed by atoms with van der Waals surface area (Å²) in [5.41, 5.74) is 12.0. The van der Waals surface area contributed by atoms with Gasteiger partial charge in [-0.25, -0.2) is 17.9 Å². The number of nitrogens with two attached hydrogens (primary N) is 2. The number of carboxylic acid groups (broad SMARTS) is 1. The van der Waals surface area contributed by atoms with Gasteiger partial charge >= 0.3 is 5.97 Å². The number of hydrogen-bond acceptors (Lipinski definition) is 14. The Morgan fingerprint density at radius 1 is 1.02 bits per heavy atom. The van der Waals surface area contributed by atoms with E-state index in [-0.39, 0.29) is 61.1 Å². The molecule has 2 aromatic heterocycles. The summed E-state index contributed by atoms with van der Waals surface area (Å²) >= 11 is 2.12. The number of rotatable bonds is 22. The molecule has 3 rings (SSSR count). The molecular weight excluding hydrogens is 731 g/mol. The Morgan fingerprint density at radius 3 is 2.38 bits per heavy atom. The molecule has 18 nitrogen and oxygen atoms in total. The number of carbonyl (C=O) groups is 3. The number of carboxylic acids is 1. The number of halogens is 1. The number of carbonyl (C=O) groups excluding carboxylic acids is 2. The van der Waals surface area contributed by atoms with Crippen LogP contribution in [0.25, 0.3) is 11.2 Å². The Kier molecular flexibility index (Phi) is 16.1. The fourth-order valence-electron chi connectivity index (χ4n) is 3.91. The van der Waals surface area contributed by atoms with E-state index in [1.807, 2.05) is 3.11 Å². The second kappa shape index (κ2) is 20.3. The van der Waals surface area contributed by atoms with Crippen molar-refractivity contribution in [3.63, 3.8) is 0 Å². The first-order valence-electron chi connectivity index (χ1n) is 14.7. The lowest BCUT2D eigenvalue weighted by Crippen LogP contribution is -2.41. The Bertz CT molecular complexity index is 1510. The molecule has 2 heterocycles. The van der Waals surface area contributed by atoms with E-state index in [0.29, 0.717) is 51.1 Å². The predicted octanol–water partition coefficient (Wildman–Crippen LogP) is -0.395. The van der Waals surface area contributed by atoms with E-state index < -0.39 is 23.5 Å². The number of aromatic amines is 1. The second-order valence-corrected chi connectivity index (χ2v) is 11.2. The number of ether oxygens (including phenoxy) is 3. The number of nitrogens with zero attached hydrogens (tertiary/aromatic N) is 4. The number of nitrogen functional groups attached to an aromatic ring is 1. The predicted molar refractivity (Wildman–Crippen MR) is 180 cm³/mol. The maximum absolute atomic E-state index is 12.7. The summed E-state index contributed by atoms with van der Waals surface area (Å²) < 4.78 is 18.1. The van der Waals surface area contributed by atoms with Crippen molar-refractivity contribution in [2.24, 2.45) is 5.73 Å². The molecule has 0 fully saturated rings. The zero-order valence-corrected chi connectivity index (χ0v) is 27.7. The summed E-state index contributed by atoms with van der Waals surface area (Å²) in [6.07, 6.45) is 1.27. The van der Waals surface area contributed by atoms with Gasteiger partial charge in [-0.3, -0.25) is 19.4 Å². The first-order chi connectivity index (χ1) is 22.7. The number of aliphatic carboxylic acids is 1. The minimum absolute atomic E-state index is 0.0523. The zero-order chi connectivity index (χ0) is 34.0. The number of nitrogens with one attached hydrogen (secondary N) is 4. The molecule has 19 heteroatoms. The summed E-state index contributed by atoms with van der Waals surface area (Å²) in [4.78, 5) is 63.3. The van der Waals surface area contributed by atoms with Crippen LogP contribution in [0, 0.1) is 0 Å². The molecule has 9 N–H and O–H groups in total. The van der Waals surface area contributed by atoms with Crippen molar-refractivity contribution in [2.45, 2.75) is 25.4 Å². The van der Waals surface area contributed by atoms with Crippen LogP contribution in [0.2, 0.25) is 0 Å². The van der Waals surface area contributed by atoms with Crippen LogP contribution < -0.4 is 33.0 Å². The molecule has 0 aliphatic carbocycles. The lowest BCUT2D eigenvalue weighted by atomic mass is 10.1. The van der Waals surface area contributed by atoms with Gasteiger partial charge in [0.05, 0.1) is 64.7 Å². The van der Waals surface area contributed by atoms with Crippen LogP contribution in [0.1, 0.15) is 28.9 Å². The SMILES string of the molecule is NCN(I)CCOCCOCCOCCNC(=O)CCC(NC(=O)c1ccc(NCc2cnc3nc(N)[nH]c(=O)c3n2)cc1)C(=O)O. The summed E-state index contributed by atoms with van der Waals surface area (Å²) in [7, 11) is 0. The third-order valence-corrected chi connectivity index (χ3v) is 7.24. The molecule has 0 aliphatic rings. The summed E-state index contributed by atoms with van der Waals surface area (Å²) in [6.45, 7) is 4.16. The van der Waals surface area contributed by atoms with Crippen molar-refractivity contribution in [3.05, 3.63) is 52.1 Å². The molecule has 0 bridgehead atoms. The molecule has 0 saturated carbocycles. The Balaban J connectivity index is 1.30. The molecule has 1 atom stereocenters. The highest BCUT2D eigenvalue weighted by molar-refractivity contribution is 14.1. The number of fused-ring (bicyclic) bond motifs is 1. The molecular formula is C28H39IN10O8. The lowest BCUT2D eigenvalue weighted by molar-refractivity contribution is -0.139. The van der Waals surface area contributed by atoms with Crippen LogP contribution in [-0.4, -0.2) is 111 Å². The van der Waals surface area contributed by atoms with Gasteiger partial charge in [0, 0.05) is 53.6 Å². The number of anilines is 2. The zero-order valence-electron chi connectivity index (χ0n) is 25.6. The van der Waals surface area contributed by atoms with Crippen molar-refractivity contribution in [1.29, 1.82) is 0 Å². The van der Waals surface area contributed by atoms with Gasteiger partial charge in [0.1, 0.15) is 6.04 Å². The van der Waals surface area contributed by atoms with Crippen molar-refractivity contribution in [1.82, 2.24) is 33.7 Å².